The van der Waals surface area contributed by atoms with Gasteiger partial charge in [-0.15, -0.1) is 0 Å². The van der Waals surface area contributed by atoms with Gasteiger partial charge in [-0.1, -0.05) is 101 Å². The molecule has 160 valence electrons. The number of rotatable bonds is 5. The molecule has 0 spiro atoms. The van der Waals surface area contributed by atoms with Crippen molar-refractivity contribution in [1.82, 2.24) is 0 Å². The molecule has 2 rings (SSSR count). The molecule has 1 aliphatic rings. The fourth-order valence-corrected chi connectivity index (χ4v) is 26.8. The smallest absolute Gasteiger partial charge is 0.634 e. The van der Waals surface area contributed by atoms with Crippen molar-refractivity contribution in [3.8, 4) is 0 Å². The van der Waals surface area contributed by atoms with Crippen LogP contribution in [0, 0.1) is 10.8 Å². The molecule has 0 unspecified atom stereocenters. The normalized spacial score (nSPS) is 17.2. The summed E-state index contributed by atoms with van der Waals surface area (Å²) in [5, 5.41) is 0. The largest absolute Gasteiger partial charge is 1.00 e. The van der Waals surface area contributed by atoms with Crippen molar-refractivity contribution in [3.05, 3.63) is 28.9 Å². The van der Waals surface area contributed by atoms with Gasteiger partial charge in [-0.3, -0.25) is 0 Å². The molecular weight excluding hydrogens is 430 g/mol. The number of nitrogens with zero attached hydrogens (tertiary/aromatic N) is 3. The van der Waals surface area contributed by atoms with Crippen molar-refractivity contribution in [3.63, 3.8) is 0 Å². The molecule has 0 aliphatic carbocycles. The summed E-state index contributed by atoms with van der Waals surface area (Å²) >= 11 is 0. The Balaban J connectivity index is 0.00000420. The molecule has 29 heavy (non-hydrogen) atoms. The van der Waals surface area contributed by atoms with Crippen molar-refractivity contribution >= 4 is 35.3 Å². The summed E-state index contributed by atoms with van der Waals surface area (Å²) in [5.74, 6) is 0. The molecule has 0 aromatic heterocycles. The maximum atomic E-state index is 5.95. The summed E-state index contributed by atoms with van der Waals surface area (Å²) in [4.78, 5) is 0. The Labute approximate surface area is 227 Å². The monoisotopic (exact) mass is 473 g/mol. The van der Waals surface area contributed by atoms with Gasteiger partial charge < -0.3 is 13.8 Å². The Bertz CT molecular complexity index is 654. The number of benzene rings is 1. The molecule has 7 heteroatoms. The summed E-state index contributed by atoms with van der Waals surface area (Å²) < 4.78 is 11.6. The summed E-state index contributed by atoms with van der Waals surface area (Å²) in [5.41, 5.74) is 3.32. The van der Waals surface area contributed by atoms with Crippen LogP contribution in [-0.2, 0) is 0 Å². The quantitative estimate of drug-likeness (QED) is 0.603. The maximum absolute atomic E-state index is 5.95. The van der Waals surface area contributed by atoms with Crippen LogP contribution in [-0.4, -0.2) is 37.0 Å². The Kier molecular flexibility index (Phi) is 8.85. The van der Waals surface area contributed by atoms with Crippen molar-refractivity contribution in [2.45, 2.75) is 80.8 Å². The summed E-state index contributed by atoms with van der Waals surface area (Å²) in [7, 11) is -5.55. The SMILES string of the molecule is CC(C)(C)CN1c2ccccc2N(CC(C)(C)C)[Si]1([N-][Si](C)(C)C)[Si](C)(C)C.[K+]. The van der Waals surface area contributed by atoms with Crippen LogP contribution in [0.1, 0.15) is 41.5 Å². The van der Waals surface area contributed by atoms with E-state index in [9.17, 15) is 0 Å². The van der Waals surface area contributed by atoms with E-state index in [1.807, 2.05) is 0 Å². The molecule has 1 heterocycles. The van der Waals surface area contributed by atoms with Gasteiger partial charge in [-0.05, 0) is 23.0 Å². The molecule has 0 bridgehead atoms. The Morgan fingerprint density at radius 2 is 1.10 bits per heavy atom. The minimum Gasteiger partial charge on any atom is -0.634 e. The van der Waals surface area contributed by atoms with Crippen molar-refractivity contribution in [2.24, 2.45) is 10.8 Å². The van der Waals surface area contributed by atoms with Crippen LogP contribution >= 0.6 is 0 Å². The van der Waals surface area contributed by atoms with Crippen LogP contribution in [0.15, 0.2) is 24.3 Å². The zero-order valence-electron chi connectivity index (χ0n) is 21.6. The number of hydrogen-bond acceptors (Lipinski definition) is 2. The van der Waals surface area contributed by atoms with Gasteiger partial charge in [0.25, 0.3) is 0 Å². The van der Waals surface area contributed by atoms with Crippen LogP contribution in [0.25, 0.3) is 4.65 Å². The molecule has 0 fully saturated rings. The topological polar surface area (TPSA) is 20.6 Å². The minimum absolute atomic E-state index is 0. The second-order valence-corrected chi connectivity index (χ2v) is 31.5. The Hall–Kier alpha value is 1.07. The van der Waals surface area contributed by atoms with E-state index in [2.05, 4.69) is 114 Å². The van der Waals surface area contributed by atoms with Gasteiger partial charge in [-0.2, -0.15) is 0 Å². The fourth-order valence-electron chi connectivity index (χ4n) is 4.31. The predicted octanol–water partition coefficient (Wildman–Crippen LogP) is 3.97. The zero-order valence-corrected chi connectivity index (χ0v) is 27.7. The molecule has 0 amide bonds. The molecule has 3 nitrogen and oxygen atoms in total. The third-order valence-corrected chi connectivity index (χ3v) is 21.9. The van der Waals surface area contributed by atoms with E-state index < -0.39 is 23.9 Å². The summed E-state index contributed by atoms with van der Waals surface area (Å²) in [6.45, 7) is 31.4. The second-order valence-electron chi connectivity index (χ2n) is 13.0. The van der Waals surface area contributed by atoms with Gasteiger partial charge in [0, 0.05) is 13.1 Å². The van der Waals surface area contributed by atoms with Crippen LogP contribution in [0.5, 0.6) is 0 Å². The van der Waals surface area contributed by atoms with Crippen LogP contribution in [0.4, 0.5) is 11.4 Å². The molecule has 1 aromatic rings. The first-order valence-corrected chi connectivity index (χ1v) is 20.5. The number of fused-ring (bicyclic) bond motifs is 1. The van der Waals surface area contributed by atoms with Gasteiger partial charge in [0.05, 0.1) is 19.0 Å². The van der Waals surface area contributed by atoms with Crippen molar-refractivity contribution in [2.75, 3.05) is 22.2 Å². The first-order valence-electron chi connectivity index (χ1n) is 10.8. The van der Waals surface area contributed by atoms with Gasteiger partial charge in [-0.25, -0.2) is 0 Å². The summed E-state index contributed by atoms with van der Waals surface area (Å²) in [6, 6.07) is 9.14. The molecular formula is C22H44KN3Si3. The Morgan fingerprint density at radius 1 is 0.759 bits per heavy atom. The number of para-hydroxylation sites is 2. The van der Waals surface area contributed by atoms with Crippen molar-refractivity contribution in [1.29, 1.82) is 0 Å². The van der Waals surface area contributed by atoms with E-state index in [1.165, 1.54) is 11.4 Å². The van der Waals surface area contributed by atoms with E-state index in [4.69, 9.17) is 4.65 Å². The maximum Gasteiger partial charge on any atom is 1.00 e. The van der Waals surface area contributed by atoms with Crippen LogP contribution < -0.4 is 60.5 Å². The first kappa shape index (κ1) is 28.1. The van der Waals surface area contributed by atoms with E-state index >= 15 is 0 Å². The summed E-state index contributed by atoms with van der Waals surface area (Å²) in [6.07, 6.45) is 0. The van der Waals surface area contributed by atoms with Gasteiger partial charge in [0.1, 0.15) is 8.08 Å². The average molecular weight is 474 g/mol. The molecule has 0 saturated carbocycles. The number of hydrogen-bond donors (Lipinski definition) is 0. The Morgan fingerprint density at radius 3 is 1.34 bits per heavy atom. The number of anilines is 2. The van der Waals surface area contributed by atoms with E-state index in [-0.39, 0.29) is 62.2 Å². The molecule has 1 aliphatic heterocycles. The predicted molar refractivity (Wildman–Crippen MR) is 136 cm³/mol. The molecule has 1 aromatic carbocycles. The molecule has 0 atom stereocenters. The molecule has 0 saturated heterocycles. The van der Waals surface area contributed by atoms with Crippen molar-refractivity contribution < 1.29 is 51.4 Å². The third-order valence-electron chi connectivity index (χ3n) is 4.98. The minimum atomic E-state index is -2.26. The second kappa shape index (κ2) is 9.13. The van der Waals surface area contributed by atoms with Gasteiger partial charge in [0.15, 0.2) is 0 Å². The zero-order chi connectivity index (χ0) is 21.8. The average Bonchev–Trinajstić information content (AvgIpc) is 2.66. The van der Waals surface area contributed by atoms with E-state index in [0.717, 1.165) is 13.1 Å². The van der Waals surface area contributed by atoms with Gasteiger partial charge >= 0.3 is 51.4 Å². The fraction of sp³-hybridized carbons (Fsp3) is 0.727. The van der Waals surface area contributed by atoms with E-state index in [1.54, 1.807) is 0 Å². The van der Waals surface area contributed by atoms with E-state index in [0.29, 0.717) is 0 Å². The third kappa shape index (κ3) is 6.54. The molecule has 0 N–H and O–H groups in total. The van der Waals surface area contributed by atoms with Gasteiger partial charge in [0.2, 0.25) is 0 Å². The first-order chi connectivity index (χ1) is 12.4. The molecule has 0 radical (unpaired) electrons. The van der Waals surface area contributed by atoms with Crippen LogP contribution in [0.3, 0.4) is 0 Å². The standard InChI is InChI=1S/C22H44N3Si3.K/c1-21(2,3)17-24-19-15-13-14-16-20(19)25(18-22(4,5)6)28(24,27(10,11)12)23-26(7,8)9;/h13-16H,17-18H2,1-12H3;/q-1;+1. The van der Waals surface area contributed by atoms with Crippen LogP contribution in [0.2, 0.25) is 39.3 Å².